The summed E-state index contributed by atoms with van der Waals surface area (Å²) in [4.78, 5) is 4.34. The molecule has 0 aliphatic carbocycles. The Morgan fingerprint density at radius 3 is 3.00 bits per heavy atom. The van der Waals surface area contributed by atoms with Crippen molar-refractivity contribution in [1.82, 2.24) is 4.98 Å². The van der Waals surface area contributed by atoms with E-state index in [1.54, 1.807) is 0 Å². The third kappa shape index (κ3) is 2.18. The zero-order chi connectivity index (χ0) is 8.55. The van der Waals surface area contributed by atoms with Crippen molar-refractivity contribution in [2.45, 2.75) is 25.1 Å². The fourth-order valence-electron chi connectivity index (χ4n) is 1.24. The molecule has 0 aromatic carbocycles. The highest BCUT2D eigenvalue weighted by Gasteiger charge is 2.18. The van der Waals surface area contributed by atoms with E-state index in [1.807, 2.05) is 18.7 Å². The van der Waals surface area contributed by atoms with E-state index in [-0.39, 0.29) is 18.4 Å². The van der Waals surface area contributed by atoms with Crippen LogP contribution in [-0.4, -0.2) is 10.7 Å². The highest BCUT2D eigenvalue weighted by molar-refractivity contribution is 7.98. The lowest BCUT2D eigenvalue weighted by atomic mass is 10.3. The van der Waals surface area contributed by atoms with Crippen LogP contribution in [0.4, 0.5) is 0 Å². The first-order valence-corrected chi connectivity index (χ1v) is 5.24. The largest absolute Gasteiger partial charge is 0.444 e. The van der Waals surface area contributed by atoms with Crippen molar-refractivity contribution in [2.75, 3.05) is 5.75 Å². The zero-order valence-electron chi connectivity index (χ0n) is 7.45. The maximum Gasteiger partial charge on any atom is 0.211 e. The van der Waals surface area contributed by atoms with Crippen LogP contribution in [-0.2, 0) is 12.2 Å². The predicted octanol–water partition coefficient (Wildman–Crippen LogP) is 1.91. The van der Waals surface area contributed by atoms with Crippen molar-refractivity contribution in [3.63, 3.8) is 0 Å². The molecule has 0 bridgehead atoms. The molecule has 0 radical (unpaired) electrons. The van der Waals surface area contributed by atoms with Crippen molar-refractivity contribution < 1.29 is 4.42 Å². The number of oxazole rings is 1. The molecule has 0 spiro atoms. The number of aryl methyl sites for hydroxylation is 1. The van der Waals surface area contributed by atoms with Crippen LogP contribution in [0.5, 0.6) is 0 Å². The lowest BCUT2D eigenvalue weighted by Gasteiger charge is -2.05. The van der Waals surface area contributed by atoms with Crippen LogP contribution >= 0.6 is 24.2 Å². The van der Waals surface area contributed by atoms with E-state index in [0.29, 0.717) is 5.89 Å². The molecule has 2 heterocycles. The second-order valence-corrected chi connectivity index (χ2v) is 4.12. The molecular weight excluding hydrogens is 208 g/mol. The molecule has 0 amide bonds. The van der Waals surface area contributed by atoms with Gasteiger partial charge >= 0.3 is 0 Å². The highest BCUT2D eigenvalue weighted by Crippen LogP contribution is 2.26. The number of fused-ring (bicyclic) bond motifs is 1. The minimum Gasteiger partial charge on any atom is -0.444 e. The van der Waals surface area contributed by atoms with Gasteiger partial charge in [0, 0.05) is 17.9 Å². The van der Waals surface area contributed by atoms with Gasteiger partial charge in [-0.3, -0.25) is 0 Å². The third-order valence-corrected chi connectivity index (χ3v) is 2.87. The van der Waals surface area contributed by atoms with Crippen LogP contribution in [0.25, 0.3) is 0 Å². The molecule has 5 heteroatoms. The summed E-state index contributed by atoms with van der Waals surface area (Å²) in [7, 11) is 0. The molecule has 2 N–H and O–H groups in total. The van der Waals surface area contributed by atoms with E-state index >= 15 is 0 Å². The molecule has 1 aromatic heterocycles. The topological polar surface area (TPSA) is 52.0 Å². The number of rotatable bonds is 1. The van der Waals surface area contributed by atoms with Gasteiger partial charge in [0.15, 0.2) is 0 Å². The highest BCUT2D eigenvalue weighted by atomic mass is 35.5. The van der Waals surface area contributed by atoms with E-state index in [2.05, 4.69) is 4.98 Å². The van der Waals surface area contributed by atoms with Gasteiger partial charge in [-0.05, 0) is 6.92 Å². The molecule has 0 saturated carbocycles. The monoisotopic (exact) mass is 220 g/mol. The van der Waals surface area contributed by atoms with Gasteiger partial charge in [-0.2, -0.15) is 11.8 Å². The van der Waals surface area contributed by atoms with Gasteiger partial charge in [-0.1, -0.05) is 0 Å². The van der Waals surface area contributed by atoms with Gasteiger partial charge in [0.2, 0.25) is 5.89 Å². The molecule has 3 nitrogen and oxygen atoms in total. The smallest absolute Gasteiger partial charge is 0.211 e. The van der Waals surface area contributed by atoms with Gasteiger partial charge in [-0.25, -0.2) is 4.98 Å². The number of halogens is 1. The van der Waals surface area contributed by atoms with Crippen molar-refractivity contribution in [3.8, 4) is 0 Å². The molecule has 1 aromatic rings. The average molecular weight is 221 g/mol. The van der Waals surface area contributed by atoms with E-state index in [9.17, 15) is 0 Å². The Balaban J connectivity index is 0.000000845. The van der Waals surface area contributed by atoms with E-state index < -0.39 is 0 Å². The third-order valence-electron chi connectivity index (χ3n) is 1.90. The number of hydrogen-bond donors (Lipinski definition) is 1. The summed E-state index contributed by atoms with van der Waals surface area (Å²) in [5, 5.41) is 0. The Morgan fingerprint density at radius 1 is 1.62 bits per heavy atom. The second-order valence-electron chi connectivity index (χ2n) is 3.01. The van der Waals surface area contributed by atoms with Crippen LogP contribution in [0.1, 0.15) is 30.3 Å². The molecule has 0 fully saturated rings. The van der Waals surface area contributed by atoms with Crippen LogP contribution < -0.4 is 5.73 Å². The molecule has 1 unspecified atom stereocenters. The first-order valence-electron chi connectivity index (χ1n) is 4.09. The summed E-state index contributed by atoms with van der Waals surface area (Å²) in [5.41, 5.74) is 6.76. The fourth-order valence-corrected chi connectivity index (χ4v) is 2.13. The molecule has 1 aliphatic rings. The molecule has 1 aliphatic heterocycles. The van der Waals surface area contributed by atoms with E-state index in [0.717, 1.165) is 29.4 Å². The van der Waals surface area contributed by atoms with E-state index in [1.165, 1.54) is 0 Å². The van der Waals surface area contributed by atoms with Crippen LogP contribution in [0.3, 0.4) is 0 Å². The molecule has 2 rings (SSSR count). The van der Waals surface area contributed by atoms with Gasteiger partial charge < -0.3 is 10.2 Å². The Kier molecular flexibility index (Phi) is 3.64. The minimum atomic E-state index is -0.0828. The van der Waals surface area contributed by atoms with Gasteiger partial charge in [-0.15, -0.1) is 12.4 Å². The summed E-state index contributed by atoms with van der Waals surface area (Å²) < 4.78 is 5.52. The number of nitrogens with two attached hydrogens (primary N) is 1. The van der Waals surface area contributed by atoms with Gasteiger partial charge in [0.25, 0.3) is 0 Å². The Hall–Kier alpha value is -0.190. The Bertz CT molecular complexity index is 264. The zero-order valence-corrected chi connectivity index (χ0v) is 9.08. The lowest BCUT2D eigenvalue weighted by molar-refractivity contribution is 0.433. The maximum absolute atomic E-state index is 5.66. The average Bonchev–Trinajstić information content (AvgIpc) is 2.46. The minimum absolute atomic E-state index is 0. The summed E-state index contributed by atoms with van der Waals surface area (Å²) in [6, 6.07) is -0.0828. The first kappa shape index (κ1) is 10.9. The molecular formula is C8H13ClN2OS. The normalized spacial score (nSPS) is 17.4. The molecule has 13 heavy (non-hydrogen) atoms. The molecule has 74 valence electrons. The van der Waals surface area contributed by atoms with Gasteiger partial charge in [0.05, 0.1) is 11.7 Å². The van der Waals surface area contributed by atoms with Crippen LogP contribution in [0.15, 0.2) is 4.42 Å². The summed E-state index contributed by atoms with van der Waals surface area (Å²) in [6.07, 6.45) is 1.000. The van der Waals surface area contributed by atoms with Crippen molar-refractivity contribution in [3.05, 3.63) is 17.3 Å². The van der Waals surface area contributed by atoms with E-state index in [4.69, 9.17) is 10.2 Å². The van der Waals surface area contributed by atoms with Crippen molar-refractivity contribution >= 4 is 24.2 Å². The summed E-state index contributed by atoms with van der Waals surface area (Å²) in [5.74, 6) is 3.84. The van der Waals surface area contributed by atoms with Gasteiger partial charge in [0.1, 0.15) is 5.76 Å². The standard InChI is InChI=1S/C8H12N2OS.ClH/c1-5(9)8-10-6-4-12-3-2-7(6)11-8;/h5H,2-4,9H2,1H3;1H. The number of hydrogen-bond acceptors (Lipinski definition) is 4. The quantitative estimate of drug-likeness (QED) is 0.786. The first-order chi connectivity index (χ1) is 5.77. The maximum atomic E-state index is 5.66. The number of nitrogens with zero attached hydrogens (tertiary/aromatic N) is 1. The lowest BCUT2D eigenvalue weighted by Crippen LogP contribution is -2.05. The number of aromatic nitrogens is 1. The second kappa shape index (κ2) is 4.35. The molecule has 1 atom stereocenters. The number of thioether (sulfide) groups is 1. The van der Waals surface area contributed by atoms with Crippen molar-refractivity contribution in [2.24, 2.45) is 5.73 Å². The van der Waals surface area contributed by atoms with Crippen molar-refractivity contribution in [1.29, 1.82) is 0 Å². The SMILES string of the molecule is CC(N)c1nc2c(o1)CCSC2.Cl. The molecule has 0 saturated heterocycles. The predicted molar refractivity (Wildman–Crippen MR) is 56.2 cm³/mol. The summed E-state index contributed by atoms with van der Waals surface area (Å²) >= 11 is 1.90. The van der Waals surface area contributed by atoms with Crippen LogP contribution in [0, 0.1) is 0 Å². The van der Waals surface area contributed by atoms with Crippen LogP contribution in [0.2, 0.25) is 0 Å². The Labute approximate surface area is 87.9 Å². The summed E-state index contributed by atoms with van der Waals surface area (Å²) in [6.45, 7) is 1.89. The Morgan fingerprint density at radius 2 is 2.38 bits per heavy atom. The fraction of sp³-hybridized carbons (Fsp3) is 0.625.